The molecule has 2 saturated heterocycles. The standard InChI is InChI=1S/C13H21N3S/c1-2-7-16(9-11-8-14-10-17-11)13(5-1)12-4-3-6-15-12/h8,10,12-13,15H,1-7,9H2. The van der Waals surface area contributed by atoms with Gasteiger partial charge in [-0.1, -0.05) is 6.42 Å². The summed E-state index contributed by atoms with van der Waals surface area (Å²) in [6, 6.07) is 1.50. The topological polar surface area (TPSA) is 28.2 Å². The number of aromatic nitrogens is 1. The van der Waals surface area contributed by atoms with E-state index in [1.807, 2.05) is 11.7 Å². The Hall–Kier alpha value is -0.450. The van der Waals surface area contributed by atoms with E-state index in [9.17, 15) is 0 Å². The van der Waals surface area contributed by atoms with E-state index in [0.29, 0.717) is 0 Å². The Morgan fingerprint density at radius 2 is 2.35 bits per heavy atom. The maximum Gasteiger partial charge on any atom is 0.0794 e. The lowest BCUT2D eigenvalue weighted by Crippen LogP contribution is -2.49. The molecule has 0 spiro atoms. The maximum atomic E-state index is 4.19. The number of hydrogen-bond acceptors (Lipinski definition) is 4. The third-order valence-corrected chi connectivity index (χ3v) is 4.83. The van der Waals surface area contributed by atoms with Crippen molar-refractivity contribution >= 4 is 11.3 Å². The normalized spacial score (nSPS) is 30.8. The third kappa shape index (κ3) is 2.69. The van der Waals surface area contributed by atoms with Gasteiger partial charge in [0.25, 0.3) is 0 Å². The van der Waals surface area contributed by atoms with Crippen LogP contribution in [0.5, 0.6) is 0 Å². The van der Waals surface area contributed by atoms with Crippen molar-refractivity contribution in [1.29, 1.82) is 0 Å². The fourth-order valence-corrected chi connectivity index (χ4v) is 3.85. The molecular weight excluding hydrogens is 230 g/mol. The van der Waals surface area contributed by atoms with Crippen LogP contribution in [0.1, 0.15) is 37.0 Å². The van der Waals surface area contributed by atoms with Gasteiger partial charge in [-0.3, -0.25) is 9.88 Å². The Morgan fingerprint density at radius 3 is 3.12 bits per heavy atom. The average Bonchev–Trinajstić information content (AvgIpc) is 3.01. The van der Waals surface area contributed by atoms with E-state index in [1.54, 1.807) is 11.3 Å². The van der Waals surface area contributed by atoms with Crippen molar-refractivity contribution in [2.45, 2.75) is 50.7 Å². The second kappa shape index (κ2) is 5.46. The van der Waals surface area contributed by atoms with Crippen LogP contribution in [0.25, 0.3) is 0 Å². The molecule has 2 aliphatic rings. The van der Waals surface area contributed by atoms with Crippen LogP contribution < -0.4 is 5.32 Å². The van der Waals surface area contributed by atoms with Gasteiger partial charge in [-0.05, 0) is 38.8 Å². The molecule has 0 aromatic carbocycles. The second-order valence-electron chi connectivity index (χ2n) is 5.20. The molecule has 0 bridgehead atoms. The highest BCUT2D eigenvalue weighted by Gasteiger charge is 2.31. The van der Waals surface area contributed by atoms with Gasteiger partial charge in [0.1, 0.15) is 0 Å². The lowest BCUT2D eigenvalue weighted by Gasteiger charge is -2.39. The molecule has 1 aromatic rings. The molecule has 3 heterocycles. The van der Waals surface area contributed by atoms with Gasteiger partial charge in [-0.25, -0.2) is 0 Å². The van der Waals surface area contributed by atoms with Gasteiger partial charge in [-0.15, -0.1) is 11.3 Å². The molecule has 0 radical (unpaired) electrons. The van der Waals surface area contributed by atoms with Crippen molar-refractivity contribution in [3.05, 3.63) is 16.6 Å². The van der Waals surface area contributed by atoms with Crippen molar-refractivity contribution in [2.24, 2.45) is 0 Å². The van der Waals surface area contributed by atoms with Crippen LogP contribution >= 0.6 is 11.3 Å². The zero-order chi connectivity index (χ0) is 11.5. The molecule has 1 N–H and O–H groups in total. The Morgan fingerprint density at radius 1 is 1.35 bits per heavy atom. The van der Waals surface area contributed by atoms with Gasteiger partial charge in [0, 0.05) is 29.7 Å². The Labute approximate surface area is 107 Å². The minimum absolute atomic E-state index is 0.739. The van der Waals surface area contributed by atoms with Crippen molar-refractivity contribution in [1.82, 2.24) is 15.2 Å². The van der Waals surface area contributed by atoms with Crippen molar-refractivity contribution < 1.29 is 0 Å². The van der Waals surface area contributed by atoms with E-state index in [1.165, 1.54) is 50.1 Å². The first-order chi connectivity index (χ1) is 8.43. The first-order valence-electron chi connectivity index (χ1n) is 6.78. The number of nitrogens with one attached hydrogen (secondary N) is 1. The smallest absolute Gasteiger partial charge is 0.0794 e. The molecule has 2 fully saturated rings. The van der Waals surface area contributed by atoms with Gasteiger partial charge < -0.3 is 5.32 Å². The third-order valence-electron chi connectivity index (χ3n) is 4.07. The molecule has 2 aliphatic heterocycles. The molecule has 0 saturated carbocycles. The van der Waals surface area contributed by atoms with Crippen molar-refractivity contribution in [3.8, 4) is 0 Å². The largest absolute Gasteiger partial charge is 0.312 e. The summed E-state index contributed by atoms with van der Waals surface area (Å²) >= 11 is 1.79. The highest BCUT2D eigenvalue weighted by Crippen LogP contribution is 2.26. The molecule has 0 aliphatic carbocycles. The van der Waals surface area contributed by atoms with Crippen LogP contribution in [-0.2, 0) is 6.54 Å². The summed E-state index contributed by atoms with van der Waals surface area (Å²) in [6.45, 7) is 3.59. The fraction of sp³-hybridized carbons (Fsp3) is 0.769. The van der Waals surface area contributed by atoms with Crippen LogP contribution in [0.2, 0.25) is 0 Å². The zero-order valence-electron chi connectivity index (χ0n) is 10.3. The molecule has 0 amide bonds. The number of rotatable bonds is 3. The minimum atomic E-state index is 0.739. The predicted octanol–water partition coefficient (Wildman–Crippen LogP) is 2.25. The van der Waals surface area contributed by atoms with E-state index in [-0.39, 0.29) is 0 Å². The van der Waals surface area contributed by atoms with Crippen LogP contribution in [0.15, 0.2) is 11.7 Å². The number of thiazole rings is 1. The SMILES string of the molecule is c1ncc(CN2CCCCC2C2CCCN2)s1. The quantitative estimate of drug-likeness (QED) is 0.893. The van der Waals surface area contributed by atoms with Crippen molar-refractivity contribution in [3.63, 3.8) is 0 Å². The monoisotopic (exact) mass is 251 g/mol. The highest BCUT2D eigenvalue weighted by molar-refractivity contribution is 7.09. The fourth-order valence-electron chi connectivity index (χ4n) is 3.23. The number of nitrogens with zero attached hydrogens (tertiary/aromatic N) is 2. The van der Waals surface area contributed by atoms with E-state index in [4.69, 9.17) is 0 Å². The van der Waals surface area contributed by atoms with Gasteiger partial charge in [-0.2, -0.15) is 0 Å². The summed E-state index contributed by atoms with van der Waals surface area (Å²) in [6.07, 6.45) is 8.89. The molecule has 2 unspecified atom stereocenters. The number of piperidine rings is 1. The van der Waals surface area contributed by atoms with Gasteiger partial charge >= 0.3 is 0 Å². The zero-order valence-corrected chi connectivity index (χ0v) is 11.1. The molecule has 94 valence electrons. The van der Waals surface area contributed by atoms with Gasteiger partial charge in [0.15, 0.2) is 0 Å². The maximum absolute atomic E-state index is 4.19. The molecule has 2 atom stereocenters. The van der Waals surface area contributed by atoms with Crippen molar-refractivity contribution in [2.75, 3.05) is 13.1 Å². The molecular formula is C13H21N3S. The molecule has 1 aromatic heterocycles. The predicted molar refractivity (Wildman–Crippen MR) is 71.2 cm³/mol. The number of hydrogen-bond donors (Lipinski definition) is 1. The molecule has 3 rings (SSSR count). The summed E-state index contributed by atoms with van der Waals surface area (Å²) < 4.78 is 0. The summed E-state index contributed by atoms with van der Waals surface area (Å²) in [4.78, 5) is 8.28. The van der Waals surface area contributed by atoms with Crippen LogP contribution in [0, 0.1) is 0 Å². The molecule has 3 nitrogen and oxygen atoms in total. The summed E-state index contributed by atoms with van der Waals surface area (Å²) in [5, 5.41) is 3.68. The van der Waals surface area contributed by atoms with Crippen LogP contribution in [0.3, 0.4) is 0 Å². The lowest BCUT2D eigenvalue weighted by molar-refractivity contribution is 0.113. The summed E-state index contributed by atoms with van der Waals surface area (Å²) in [7, 11) is 0. The van der Waals surface area contributed by atoms with Gasteiger partial charge in [0.05, 0.1) is 5.51 Å². The summed E-state index contributed by atoms with van der Waals surface area (Å²) in [5.74, 6) is 0. The summed E-state index contributed by atoms with van der Waals surface area (Å²) in [5.41, 5.74) is 1.95. The Balaban J connectivity index is 1.66. The first-order valence-corrected chi connectivity index (χ1v) is 7.66. The van der Waals surface area contributed by atoms with E-state index in [2.05, 4.69) is 15.2 Å². The van der Waals surface area contributed by atoms with E-state index < -0.39 is 0 Å². The Bertz CT molecular complexity index is 332. The van der Waals surface area contributed by atoms with Crippen LogP contribution in [0.4, 0.5) is 0 Å². The van der Waals surface area contributed by atoms with E-state index >= 15 is 0 Å². The Kier molecular flexibility index (Phi) is 3.74. The average molecular weight is 251 g/mol. The van der Waals surface area contributed by atoms with Gasteiger partial charge in [0.2, 0.25) is 0 Å². The highest BCUT2D eigenvalue weighted by atomic mass is 32.1. The number of likely N-dealkylation sites (tertiary alicyclic amines) is 1. The van der Waals surface area contributed by atoms with Crippen LogP contribution in [-0.4, -0.2) is 35.1 Å². The first kappa shape index (κ1) is 11.6. The van der Waals surface area contributed by atoms with E-state index in [0.717, 1.165) is 18.6 Å². The molecule has 17 heavy (non-hydrogen) atoms. The second-order valence-corrected chi connectivity index (χ2v) is 6.18. The molecule has 4 heteroatoms. The minimum Gasteiger partial charge on any atom is -0.312 e. The lowest BCUT2D eigenvalue weighted by atomic mass is 9.94.